The summed E-state index contributed by atoms with van der Waals surface area (Å²) in [6.07, 6.45) is 0. The quantitative estimate of drug-likeness (QED) is 0.667. The van der Waals surface area contributed by atoms with Gasteiger partial charge in [0.25, 0.3) is 5.95 Å². The maximum absolute atomic E-state index is 12.5. The molecule has 0 bridgehead atoms. The Labute approximate surface area is 61.7 Å². The number of nitrogens with zero attached hydrogens (tertiary/aromatic N) is 2. The van der Waals surface area contributed by atoms with Crippen LogP contribution in [0.5, 0.6) is 0 Å². The van der Waals surface area contributed by atoms with Crippen molar-refractivity contribution in [1.82, 2.24) is 9.59 Å². The summed E-state index contributed by atoms with van der Waals surface area (Å²) in [5, 5.41) is 12.4. The van der Waals surface area contributed by atoms with Crippen LogP contribution in [0.15, 0.2) is 0 Å². The van der Waals surface area contributed by atoms with E-state index in [1.807, 2.05) is 0 Å². The SMILES string of the molecule is CC(C)(O)c1snnc1F. The highest BCUT2D eigenvalue weighted by atomic mass is 32.1. The summed E-state index contributed by atoms with van der Waals surface area (Å²) in [6.45, 7) is 2.98. The van der Waals surface area contributed by atoms with Gasteiger partial charge in [-0.2, -0.15) is 4.39 Å². The van der Waals surface area contributed by atoms with Crippen LogP contribution in [0, 0.1) is 5.95 Å². The van der Waals surface area contributed by atoms with Gasteiger partial charge in [-0.05, 0) is 25.4 Å². The second kappa shape index (κ2) is 2.25. The Morgan fingerprint density at radius 3 is 2.40 bits per heavy atom. The fraction of sp³-hybridized carbons (Fsp3) is 0.600. The molecule has 1 heterocycles. The molecule has 0 aliphatic rings. The van der Waals surface area contributed by atoms with Gasteiger partial charge in [0.2, 0.25) is 0 Å². The van der Waals surface area contributed by atoms with E-state index in [9.17, 15) is 9.50 Å². The average Bonchev–Trinajstić information content (AvgIpc) is 2.11. The number of hydrogen-bond acceptors (Lipinski definition) is 4. The summed E-state index contributed by atoms with van der Waals surface area (Å²) in [4.78, 5) is 0.174. The van der Waals surface area contributed by atoms with Gasteiger partial charge < -0.3 is 5.11 Å². The smallest absolute Gasteiger partial charge is 0.251 e. The van der Waals surface area contributed by atoms with E-state index in [2.05, 4.69) is 9.59 Å². The van der Waals surface area contributed by atoms with Crippen LogP contribution in [0.4, 0.5) is 4.39 Å². The Hall–Kier alpha value is -0.550. The number of aromatic nitrogens is 2. The molecule has 10 heavy (non-hydrogen) atoms. The van der Waals surface area contributed by atoms with Crippen LogP contribution in [0.2, 0.25) is 0 Å². The first kappa shape index (κ1) is 7.56. The first-order valence-corrected chi connectivity index (χ1v) is 3.50. The number of rotatable bonds is 1. The van der Waals surface area contributed by atoms with Crippen molar-refractivity contribution < 1.29 is 9.50 Å². The topological polar surface area (TPSA) is 46.0 Å². The van der Waals surface area contributed by atoms with Gasteiger partial charge in [-0.1, -0.05) is 4.49 Å². The van der Waals surface area contributed by atoms with Crippen molar-refractivity contribution in [3.63, 3.8) is 0 Å². The lowest BCUT2D eigenvalue weighted by atomic mass is 10.1. The molecular weight excluding hydrogens is 155 g/mol. The van der Waals surface area contributed by atoms with Crippen molar-refractivity contribution in [1.29, 1.82) is 0 Å². The van der Waals surface area contributed by atoms with Gasteiger partial charge in [-0.3, -0.25) is 0 Å². The molecule has 3 nitrogen and oxygen atoms in total. The molecule has 0 aromatic carbocycles. The first-order chi connectivity index (χ1) is 4.52. The normalized spacial score (nSPS) is 12.0. The highest BCUT2D eigenvalue weighted by Crippen LogP contribution is 2.23. The molecule has 0 radical (unpaired) electrons. The molecule has 0 amide bonds. The molecule has 1 aromatic heterocycles. The van der Waals surface area contributed by atoms with E-state index in [4.69, 9.17) is 0 Å². The predicted octanol–water partition coefficient (Wildman–Crippen LogP) is 0.905. The minimum Gasteiger partial charge on any atom is -0.385 e. The number of aliphatic hydroxyl groups is 1. The van der Waals surface area contributed by atoms with Crippen LogP contribution in [0.3, 0.4) is 0 Å². The van der Waals surface area contributed by atoms with Crippen molar-refractivity contribution >= 4 is 11.5 Å². The Morgan fingerprint density at radius 1 is 1.60 bits per heavy atom. The Kier molecular flexibility index (Phi) is 1.70. The van der Waals surface area contributed by atoms with Crippen LogP contribution in [0.1, 0.15) is 18.7 Å². The summed E-state index contributed by atoms with van der Waals surface area (Å²) in [6, 6.07) is 0. The molecule has 1 aromatic rings. The van der Waals surface area contributed by atoms with Gasteiger partial charge in [-0.25, -0.2) is 0 Å². The summed E-state index contributed by atoms with van der Waals surface area (Å²) < 4.78 is 15.9. The van der Waals surface area contributed by atoms with Gasteiger partial charge in [0, 0.05) is 0 Å². The Bertz CT molecular complexity index is 230. The van der Waals surface area contributed by atoms with E-state index in [-0.39, 0.29) is 4.88 Å². The van der Waals surface area contributed by atoms with Crippen molar-refractivity contribution in [2.45, 2.75) is 19.4 Å². The zero-order chi connectivity index (χ0) is 7.78. The van der Waals surface area contributed by atoms with Gasteiger partial charge in [0.05, 0.1) is 5.60 Å². The lowest BCUT2D eigenvalue weighted by molar-refractivity contribution is 0.0782. The zero-order valence-electron chi connectivity index (χ0n) is 5.63. The van der Waals surface area contributed by atoms with Crippen LogP contribution >= 0.6 is 11.5 Å². The maximum atomic E-state index is 12.5. The van der Waals surface area contributed by atoms with E-state index >= 15 is 0 Å². The fourth-order valence-corrected chi connectivity index (χ4v) is 1.08. The van der Waals surface area contributed by atoms with E-state index in [0.29, 0.717) is 0 Å². The summed E-state index contributed by atoms with van der Waals surface area (Å²) in [5.74, 6) is -0.683. The fourth-order valence-electron chi connectivity index (χ4n) is 0.544. The number of halogens is 1. The number of hydrogen-bond donors (Lipinski definition) is 1. The molecular formula is C5H7FN2OS. The molecule has 0 saturated carbocycles. The maximum Gasteiger partial charge on any atom is 0.251 e. The van der Waals surface area contributed by atoms with Crippen molar-refractivity contribution in [2.24, 2.45) is 0 Å². The van der Waals surface area contributed by atoms with Crippen molar-refractivity contribution in [3.8, 4) is 0 Å². The lowest BCUT2D eigenvalue weighted by Crippen LogP contribution is -2.15. The van der Waals surface area contributed by atoms with Gasteiger partial charge in [0.1, 0.15) is 4.88 Å². The summed E-state index contributed by atoms with van der Waals surface area (Å²) in [7, 11) is 0. The first-order valence-electron chi connectivity index (χ1n) is 2.72. The third-order valence-electron chi connectivity index (χ3n) is 1.00. The molecule has 1 N–H and O–H groups in total. The van der Waals surface area contributed by atoms with Crippen molar-refractivity contribution in [2.75, 3.05) is 0 Å². The second-order valence-corrected chi connectivity index (χ2v) is 3.21. The molecule has 0 aliphatic heterocycles. The standard InChI is InChI=1S/C5H7FN2OS/c1-5(2,9)3-4(6)7-8-10-3/h9H,1-2H3. The van der Waals surface area contributed by atoms with E-state index in [0.717, 1.165) is 11.5 Å². The van der Waals surface area contributed by atoms with Crippen LogP contribution in [-0.4, -0.2) is 14.7 Å². The second-order valence-electron chi connectivity index (χ2n) is 2.45. The van der Waals surface area contributed by atoms with E-state index in [1.54, 1.807) is 0 Å². The third-order valence-corrected chi connectivity index (χ3v) is 2.02. The Balaban J connectivity index is 3.05. The highest BCUT2D eigenvalue weighted by molar-refractivity contribution is 7.05. The molecule has 56 valence electrons. The molecule has 0 saturated heterocycles. The van der Waals surface area contributed by atoms with Gasteiger partial charge in [-0.15, -0.1) is 5.10 Å². The van der Waals surface area contributed by atoms with Crippen LogP contribution < -0.4 is 0 Å². The molecule has 0 unspecified atom stereocenters. The minimum atomic E-state index is -1.17. The van der Waals surface area contributed by atoms with E-state index in [1.165, 1.54) is 13.8 Å². The minimum absolute atomic E-state index is 0.174. The van der Waals surface area contributed by atoms with Gasteiger partial charge in [0.15, 0.2) is 0 Å². The molecule has 0 spiro atoms. The summed E-state index contributed by atoms with van der Waals surface area (Å²) in [5.41, 5.74) is -1.17. The predicted molar refractivity (Wildman–Crippen MR) is 35.1 cm³/mol. The Morgan fingerprint density at radius 2 is 2.20 bits per heavy atom. The molecule has 0 atom stereocenters. The monoisotopic (exact) mass is 162 g/mol. The average molecular weight is 162 g/mol. The largest absolute Gasteiger partial charge is 0.385 e. The molecule has 0 aliphatic carbocycles. The molecule has 1 rings (SSSR count). The van der Waals surface area contributed by atoms with Gasteiger partial charge >= 0.3 is 0 Å². The molecule has 0 fully saturated rings. The van der Waals surface area contributed by atoms with E-state index < -0.39 is 11.5 Å². The van der Waals surface area contributed by atoms with Crippen molar-refractivity contribution in [3.05, 3.63) is 10.8 Å². The highest BCUT2D eigenvalue weighted by Gasteiger charge is 2.23. The lowest BCUT2D eigenvalue weighted by Gasteiger charge is -2.12. The molecule has 5 heteroatoms. The van der Waals surface area contributed by atoms with Crippen LogP contribution in [0.25, 0.3) is 0 Å². The third kappa shape index (κ3) is 1.30. The summed E-state index contributed by atoms with van der Waals surface area (Å²) >= 11 is 0.870. The van der Waals surface area contributed by atoms with Crippen LogP contribution in [-0.2, 0) is 5.60 Å². The zero-order valence-corrected chi connectivity index (χ0v) is 6.44.